The Morgan fingerprint density at radius 2 is 1.80 bits per heavy atom. The zero-order chi connectivity index (χ0) is 14.4. The molecule has 0 bridgehead atoms. The number of nitrogen functional groups attached to an aromatic ring is 1. The molecule has 0 saturated carbocycles. The summed E-state index contributed by atoms with van der Waals surface area (Å²) in [5.41, 5.74) is 9.50. The number of ether oxygens (including phenoxy) is 1. The van der Waals surface area contributed by atoms with Crippen molar-refractivity contribution in [2.24, 2.45) is 0 Å². The molecule has 20 heavy (non-hydrogen) atoms. The summed E-state index contributed by atoms with van der Waals surface area (Å²) < 4.78 is 5.84. The zero-order valence-corrected chi connectivity index (χ0v) is 11.4. The van der Waals surface area contributed by atoms with E-state index in [2.05, 4.69) is 6.58 Å². The molecule has 0 spiro atoms. The predicted molar refractivity (Wildman–Crippen MR) is 81.5 cm³/mol. The van der Waals surface area contributed by atoms with Crippen molar-refractivity contribution in [3.8, 4) is 5.75 Å². The Balaban J connectivity index is 2.07. The largest absolute Gasteiger partial charge is 0.489 e. The van der Waals surface area contributed by atoms with Crippen LogP contribution in [0.3, 0.4) is 0 Å². The molecule has 0 aliphatic rings. The first-order valence-corrected chi connectivity index (χ1v) is 6.53. The maximum absolute atomic E-state index is 9.01. The molecule has 0 aromatic heterocycles. The lowest BCUT2D eigenvalue weighted by molar-refractivity contribution is 0.281. The van der Waals surface area contributed by atoms with Crippen LogP contribution in [0.4, 0.5) is 5.69 Å². The van der Waals surface area contributed by atoms with Gasteiger partial charge < -0.3 is 15.6 Å². The van der Waals surface area contributed by atoms with E-state index in [1.54, 1.807) is 0 Å². The summed E-state index contributed by atoms with van der Waals surface area (Å²) in [5, 5.41) is 9.01. The van der Waals surface area contributed by atoms with E-state index in [0.29, 0.717) is 6.61 Å². The van der Waals surface area contributed by atoms with Gasteiger partial charge in [0.25, 0.3) is 0 Å². The average molecular weight is 269 g/mol. The number of allylic oxidation sites excluding steroid dienone is 1. The summed E-state index contributed by atoms with van der Waals surface area (Å²) in [6, 6.07) is 13.3. The van der Waals surface area contributed by atoms with Crippen molar-refractivity contribution in [2.45, 2.75) is 19.6 Å². The Morgan fingerprint density at radius 3 is 2.45 bits per heavy atom. The maximum atomic E-state index is 9.01. The van der Waals surface area contributed by atoms with Crippen molar-refractivity contribution in [1.29, 1.82) is 0 Å². The van der Waals surface area contributed by atoms with Crippen LogP contribution in [0.1, 0.15) is 16.7 Å². The Labute approximate surface area is 119 Å². The fourth-order valence-corrected chi connectivity index (χ4v) is 1.96. The Bertz CT molecular complexity index is 576. The van der Waals surface area contributed by atoms with E-state index in [0.717, 1.165) is 34.5 Å². The van der Waals surface area contributed by atoms with E-state index in [1.165, 1.54) is 0 Å². The first-order valence-electron chi connectivity index (χ1n) is 6.53. The molecule has 2 aromatic rings. The molecule has 3 N–H and O–H groups in total. The molecule has 3 nitrogen and oxygen atoms in total. The molecule has 3 heteroatoms. The predicted octanol–water partition coefficient (Wildman–Crippen LogP) is 3.07. The fourth-order valence-electron chi connectivity index (χ4n) is 1.96. The number of aliphatic hydroxyl groups excluding tert-OH is 1. The molecular formula is C17H19NO2. The summed E-state index contributed by atoms with van der Waals surface area (Å²) in [6.07, 6.45) is 2.56. The minimum atomic E-state index is 0.0581. The second kappa shape index (κ2) is 6.78. The van der Waals surface area contributed by atoms with Gasteiger partial charge in [-0.05, 0) is 41.3 Å². The van der Waals surface area contributed by atoms with Gasteiger partial charge >= 0.3 is 0 Å². The number of rotatable bonds is 6. The van der Waals surface area contributed by atoms with Gasteiger partial charge in [0.15, 0.2) is 0 Å². The summed E-state index contributed by atoms with van der Waals surface area (Å²) >= 11 is 0. The van der Waals surface area contributed by atoms with E-state index < -0.39 is 0 Å². The molecule has 104 valence electrons. The molecule has 0 heterocycles. The SMILES string of the molecule is C=CCc1cc(N)ccc1OCc1ccc(CO)cc1. The topological polar surface area (TPSA) is 55.5 Å². The van der Waals surface area contributed by atoms with Crippen LogP contribution in [0.5, 0.6) is 5.75 Å². The monoisotopic (exact) mass is 269 g/mol. The van der Waals surface area contributed by atoms with Crippen LogP contribution in [-0.2, 0) is 19.6 Å². The number of aliphatic hydroxyl groups is 1. The van der Waals surface area contributed by atoms with Gasteiger partial charge in [0.05, 0.1) is 6.61 Å². The smallest absolute Gasteiger partial charge is 0.123 e. The quantitative estimate of drug-likeness (QED) is 0.626. The summed E-state index contributed by atoms with van der Waals surface area (Å²) in [7, 11) is 0. The molecule has 0 unspecified atom stereocenters. The van der Waals surface area contributed by atoms with Gasteiger partial charge in [-0.1, -0.05) is 30.3 Å². The number of benzene rings is 2. The second-order valence-corrected chi connectivity index (χ2v) is 4.62. The summed E-state index contributed by atoms with van der Waals surface area (Å²) in [4.78, 5) is 0. The third-order valence-corrected chi connectivity index (χ3v) is 3.05. The zero-order valence-electron chi connectivity index (χ0n) is 11.4. The molecule has 0 amide bonds. The molecular weight excluding hydrogens is 250 g/mol. The molecule has 0 aliphatic heterocycles. The minimum absolute atomic E-state index is 0.0581. The molecule has 0 atom stereocenters. The number of hydrogen-bond donors (Lipinski definition) is 2. The molecule has 0 saturated heterocycles. The lowest BCUT2D eigenvalue weighted by atomic mass is 10.1. The Hall–Kier alpha value is -2.26. The molecule has 2 rings (SSSR count). The lowest BCUT2D eigenvalue weighted by Crippen LogP contribution is -1.99. The summed E-state index contributed by atoms with van der Waals surface area (Å²) in [5.74, 6) is 0.824. The third-order valence-electron chi connectivity index (χ3n) is 3.05. The highest BCUT2D eigenvalue weighted by Gasteiger charge is 2.04. The van der Waals surface area contributed by atoms with Crippen LogP contribution in [0, 0.1) is 0 Å². The van der Waals surface area contributed by atoms with Gasteiger partial charge in [-0.25, -0.2) is 0 Å². The van der Waals surface area contributed by atoms with Gasteiger partial charge in [0.2, 0.25) is 0 Å². The van der Waals surface area contributed by atoms with Gasteiger partial charge in [-0.15, -0.1) is 6.58 Å². The van der Waals surface area contributed by atoms with Crippen LogP contribution in [0.2, 0.25) is 0 Å². The highest BCUT2D eigenvalue weighted by Crippen LogP contribution is 2.23. The first kappa shape index (κ1) is 14.2. The Morgan fingerprint density at radius 1 is 1.10 bits per heavy atom. The van der Waals surface area contributed by atoms with Crippen molar-refractivity contribution in [3.05, 3.63) is 71.8 Å². The van der Waals surface area contributed by atoms with Crippen LogP contribution < -0.4 is 10.5 Å². The lowest BCUT2D eigenvalue weighted by Gasteiger charge is -2.11. The highest BCUT2D eigenvalue weighted by molar-refractivity contribution is 5.48. The van der Waals surface area contributed by atoms with Crippen LogP contribution in [0.15, 0.2) is 55.1 Å². The van der Waals surface area contributed by atoms with Crippen LogP contribution in [0.25, 0.3) is 0 Å². The van der Waals surface area contributed by atoms with E-state index >= 15 is 0 Å². The molecule has 0 fully saturated rings. The van der Waals surface area contributed by atoms with Crippen molar-refractivity contribution >= 4 is 5.69 Å². The normalized spacial score (nSPS) is 10.2. The van der Waals surface area contributed by atoms with Crippen molar-refractivity contribution in [2.75, 3.05) is 5.73 Å². The van der Waals surface area contributed by atoms with Gasteiger partial charge in [0, 0.05) is 5.69 Å². The molecule has 2 aromatic carbocycles. The van der Waals surface area contributed by atoms with E-state index in [1.807, 2.05) is 48.5 Å². The van der Waals surface area contributed by atoms with Crippen molar-refractivity contribution < 1.29 is 9.84 Å². The van der Waals surface area contributed by atoms with E-state index in [4.69, 9.17) is 15.6 Å². The van der Waals surface area contributed by atoms with Crippen LogP contribution >= 0.6 is 0 Å². The first-order chi connectivity index (χ1) is 9.72. The molecule has 0 aliphatic carbocycles. The standard InChI is InChI=1S/C17H19NO2/c1-2-3-15-10-16(18)8-9-17(15)20-12-14-6-4-13(11-19)5-7-14/h2,4-10,19H,1,3,11-12,18H2. The third kappa shape index (κ3) is 3.62. The van der Waals surface area contributed by atoms with Gasteiger partial charge in [-0.3, -0.25) is 0 Å². The van der Waals surface area contributed by atoms with E-state index in [-0.39, 0.29) is 6.61 Å². The number of anilines is 1. The van der Waals surface area contributed by atoms with Gasteiger partial charge in [0.1, 0.15) is 12.4 Å². The fraction of sp³-hybridized carbons (Fsp3) is 0.176. The number of hydrogen-bond acceptors (Lipinski definition) is 3. The van der Waals surface area contributed by atoms with E-state index in [9.17, 15) is 0 Å². The molecule has 0 radical (unpaired) electrons. The maximum Gasteiger partial charge on any atom is 0.123 e. The summed E-state index contributed by atoms with van der Waals surface area (Å²) in [6.45, 7) is 4.29. The van der Waals surface area contributed by atoms with Crippen molar-refractivity contribution in [3.63, 3.8) is 0 Å². The number of nitrogens with two attached hydrogens (primary N) is 1. The highest BCUT2D eigenvalue weighted by atomic mass is 16.5. The van der Waals surface area contributed by atoms with Crippen molar-refractivity contribution in [1.82, 2.24) is 0 Å². The second-order valence-electron chi connectivity index (χ2n) is 4.62. The Kier molecular flexibility index (Phi) is 4.80. The average Bonchev–Trinajstić information content (AvgIpc) is 2.47. The van der Waals surface area contributed by atoms with Crippen LogP contribution in [-0.4, -0.2) is 5.11 Å². The van der Waals surface area contributed by atoms with Gasteiger partial charge in [-0.2, -0.15) is 0 Å². The minimum Gasteiger partial charge on any atom is -0.489 e.